The minimum absolute atomic E-state index is 0.389. The van der Waals surface area contributed by atoms with Gasteiger partial charge in [0.15, 0.2) is 0 Å². The molecule has 0 saturated carbocycles. The van der Waals surface area contributed by atoms with Gasteiger partial charge in [-0.1, -0.05) is 31.2 Å². The van der Waals surface area contributed by atoms with Crippen molar-refractivity contribution in [3.63, 3.8) is 0 Å². The second-order valence-corrected chi connectivity index (χ2v) is 6.87. The number of aromatic nitrogens is 2. The molecule has 1 fully saturated rings. The molecule has 3 atom stereocenters. The van der Waals surface area contributed by atoms with Gasteiger partial charge in [0, 0.05) is 30.3 Å². The molecule has 4 nitrogen and oxygen atoms in total. The van der Waals surface area contributed by atoms with Gasteiger partial charge in [0.2, 0.25) is 5.95 Å². The van der Waals surface area contributed by atoms with Gasteiger partial charge in [-0.05, 0) is 37.8 Å². The van der Waals surface area contributed by atoms with E-state index in [4.69, 9.17) is 4.98 Å². The Labute approximate surface area is 138 Å². The van der Waals surface area contributed by atoms with Gasteiger partial charge >= 0.3 is 0 Å². The second-order valence-electron chi connectivity index (χ2n) is 6.87. The summed E-state index contributed by atoms with van der Waals surface area (Å²) < 4.78 is 0. The van der Waals surface area contributed by atoms with E-state index in [1.165, 1.54) is 17.5 Å². The van der Waals surface area contributed by atoms with E-state index in [-0.39, 0.29) is 0 Å². The van der Waals surface area contributed by atoms with E-state index in [9.17, 15) is 0 Å². The average Bonchev–Trinajstić information content (AvgIpc) is 3.14. The molecule has 1 aromatic carbocycles. The summed E-state index contributed by atoms with van der Waals surface area (Å²) in [6.45, 7) is 7.46. The molecule has 0 radical (unpaired) electrons. The predicted octanol–water partition coefficient (Wildman–Crippen LogP) is 4.04. The highest BCUT2D eigenvalue weighted by molar-refractivity contribution is 5.55. The molecule has 4 heteroatoms. The summed E-state index contributed by atoms with van der Waals surface area (Å²) in [5, 5.41) is 3.41. The highest BCUT2D eigenvalue weighted by Gasteiger charge is 2.42. The average molecular weight is 308 g/mol. The zero-order chi connectivity index (χ0) is 16.0. The molecule has 2 aliphatic rings. The number of hydrogen-bond donors (Lipinski definition) is 1. The molecule has 1 N–H and O–H groups in total. The number of anilines is 2. The maximum Gasteiger partial charge on any atom is 0.225 e. The fourth-order valence-corrected chi connectivity index (χ4v) is 3.88. The molecule has 2 aromatic rings. The second kappa shape index (κ2) is 5.52. The Bertz CT molecular complexity index is 727. The van der Waals surface area contributed by atoms with Gasteiger partial charge in [-0.25, -0.2) is 4.98 Å². The first-order valence-electron chi connectivity index (χ1n) is 8.63. The molecule has 0 unspecified atom stereocenters. The van der Waals surface area contributed by atoms with Crippen LogP contribution >= 0.6 is 0 Å². The Hall–Kier alpha value is -2.10. The SMILES string of the molecule is CC[C@H](C)Nc1nc(C)cc(N2C[C@H]3C[C@H]2c2ccccc23)n1. The van der Waals surface area contributed by atoms with Crippen LogP contribution in [0.3, 0.4) is 0 Å². The molecule has 0 spiro atoms. The smallest absolute Gasteiger partial charge is 0.225 e. The van der Waals surface area contributed by atoms with Crippen molar-refractivity contribution in [2.75, 3.05) is 16.8 Å². The van der Waals surface area contributed by atoms with E-state index >= 15 is 0 Å². The summed E-state index contributed by atoms with van der Waals surface area (Å²) in [4.78, 5) is 11.8. The van der Waals surface area contributed by atoms with Gasteiger partial charge in [-0.2, -0.15) is 4.98 Å². The summed E-state index contributed by atoms with van der Waals surface area (Å²) in [7, 11) is 0. The van der Waals surface area contributed by atoms with E-state index in [0.717, 1.165) is 30.4 Å². The standard InChI is InChI=1S/C19H24N4/c1-4-12(2)20-19-21-13(3)9-18(22-19)23-11-14-10-17(23)16-8-6-5-7-15(14)16/h5-9,12,14,17H,4,10-11H2,1-3H3,(H,20,21,22)/t12-,14+,17-/m0/s1. The molecule has 2 heterocycles. The van der Waals surface area contributed by atoms with E-state index in [2.05, 4.69) is 66.3 Å². The summed E-state index contributed by atoms with van der Waals surface area (Å²) in [5.41, 5.74) is 4.05. The zero-order valence-corrected chi connectivity index (χ0v) is 14.1. The maximum absolute atomic E-state index is 4.80. The van der Waals surface area contributed by atoms with Gasteiger partial charge in [-0.15, -0.1) is 0 Å². The quantitative estimate of drug-likeness (QED) is 0.925. The minimum Gasteiger partial charge on any atom is -0.352 e. The van der Waals surface area contributed by atoms with Crippen LogP contribution < -0.4 is 10.2 Å². The number of hydrogen-bond acceptors (Lipinski definition) is 4. The Balaban J connectivity index is 1.65. The fourth-order valence-electron chi connectivity index (χ4n) is 3.88. The van der Waals surface area contributed by atoms with Crippen molar-refractivity contribution in [1.82, 2.24) is 9.97 Å². The molecule has 120 valence electrons. The lowest BCUT2D eigenvalue weighted by atomic mass is 9.99. The fraction of sp³-hybridized carbons (Fsp3) is 0.474. The topological polar surface area (TPSA) is 41.1 Å². The van der Waals surface area contributed by atoms with E-state index in [0.29, 0.717) is 18.0 Å². The van der Waals surface area contributed by atoms with Crippen LogP contribution in [0.15, 0.2) is 30.3 Å². The number of nitrogens with one attached hydrogen (secondary N) is 1. The van der Waals surface area contributed by atoms with Crippen molar-refractivity contribution >= 4 is 11.8 Å². The maximum atomic E-state index is 4.80. The van der Waals surface area contributed by atoms with Gasteiger partial charge in [0.05, 0.1) is 6.04 Å². The minimum atomic E-state index is 0.389. The van der Waals surface area contributed by atoms with Crippen LogP contribution in [-0.2, 0) is 0 Å². The van der Waals surface area contributed by atoms with E-state index in [1.54, 1.807) is 0 Å². The molecule has 1 saturated heterocycles. The summed E-state index contributed by atoms with van der Waals surface area (Å²) >= 11 is 0. The molecule has 23 heavy (non-hydrogen) atoms. The molecule has 2 bridgehead atoms. The zero-order valence-electron chi connectivity index (χ0n) is 14.1. The molecule has 1 aliphatic carbocycles. The van der Waals surface area contributed by atoms with Crippen LogP contribution in [0, 0.1) is 6.92 Å². The summed E-state index contributed by atoms with van der Waals surface area (Å²) in [6, 6.07) is 11.9. The Morgan fingerprint density at radius 2 is 2.04 bits per heavy atom. The van der Waals surface area contributed by atoms with Crippen LogP contribution in [0.25, 0.3) is 0 Å². The lowest BCUT2D eigenvalue weighted by molar-refractivity contribution is 0.721. The van der Waals surface area contributed by atoms with E-state index < -0.39 is 0 Å². The predicted molar refractivity (Wildman–Crippen MR) is 94.0 cm³/mol. The van der Waals surface area contributed by atoms with E-state index in [1.807, 2.05) is 0 Å². The Morgan fingerprint density at radius 3 is 2.83 bits per heavy atom. The van der Waals surface area contributed by atoms with Crippen molar-refractivity contribution in [2.24, 2.45) is 0 Å². The van der Waals surface area contributed by atoms with Crippen molar-refractivity contribution in [3.05, 3.63) is 47.2 Å². The Morgan fingerprint density at radius 1 is 1.26 bits per heavy atom. The molecule has 0 amide bonds. The summed E-state index contributed by atoms with van der Waals surface area (Å²) in [5.74, 6) is 2.47. The van der Waals surface area contributed by atoms with Crippen molar-refractivity contribution in [2.45, 2.75) is 51.6 Å². The van der Waals surface area contributed by atoms with Crippen molar-refractivity contribution in [1.29, 1.82) is 0 Å². The first-order valence-corrected chi connectivity index (χ1v) is 8.63. The Kier molecular flexibility index (Phi) is 3.47. The normalized spacial score (nSPS) is 23.0. The van der Waals surface area contributed by atoms with Crippen LogP contribution in [0.5, 0.6) is 0 Å². The third-order valence-electron chi connectivity index (χ3n) is 5.22. The van der Waals surface area contributed by atoms with Gasteiger partial charge < -0.3 is 10.2 Å². The summed E-state index contributed by atoms with van der Waals surface area (Å²) in [6.07, 6.45) is 2.28. The van der Waals surface area contributed by atoms with Gasteiger partial charge in [0.1, 0.15) is 5.82 Å². The number of benzene rings is 1. The number of rotatable bonds is 4. The lowest BCUT2D eigenvalue weighted by Crippen LogP contribution is -2.28. The highest BCUT2D eigenvalue weighted by Crippen LogP contribution is 2.51. The van der Waals surface area contributed by atoms with Crippen molar-refractivity contribution in [3.8, 4) is 0 Å². The third-order valence-corrected chi connectivity index (χ3v) is 5.22. The van der Waals surface area contributed by atoms with Crippen LogP contribution in [0.1, 0.15) is 55.5 Å². The molecule has 1 aromatic heterocycles. The first kappa shape index (κ1) is 14.5. The first-order chi connectivity index (χ1) is 11.2. The van der Waals surface area contributed by atoms with Crippen LogP contribution in [-0.4, -0.2) is 22.6 Å². The molecular weight excluding hydrogens is 284 g/mol. The number of nitrogens with zero attached hydrogens (tertiary/aromatic N) is 3. The van der Waals surface area contributed by atoms with Crippen molar-refractivity contribution < 1.29 is 0 Å². The van der Waals surface area contributed by atoms with Crippen LogP contribution in [0.2, 0.25) is 0 Å². The molecular formula is C19H24N4. The van der Waals surface area contributed by atoms with Gasteiger partial charge in [-0.3, -0.25) is 0 Å². The third kappa shape index (κ3) is 2.46. The number of fused-ring (bicyclic) bond motifs is 5. The molecule has 1 aliphatic heterocycles. The lowest BCUT2D eigenvalue weighted by Gasteiger charge is -2.30. The van der Waals surface area contributed by atoms with Crippen LogP contribution in [0.4, 0.5) is 11.8 Å². The highest BCUT2D eigenvalue weighted by atomic mass is 15.3. The molecule has 4 rings (SSSR count). The number of aryl methyl sites for hydroxylation is 1. The van der Waals surface area contributed by atoms with Gasteiger partial charge in [0.25, 0.3) is 0 Å². The monoisotopic (exact) mass is 308 g/mol. The largest absolute Gasteiger partial charge is 0.352 e.